The molecule has 0 radical (unpaired) electrons. The summed E-state index contributed by atoms with van der Waals surface area (Å²) in [6, 6.07) is 4.69. The Balaban J connectivity index is 2.85. The minimum atomic E-state index is -1.03. The molecule has 0 fully saturated rings. The summed E-state index contributed by atoms with van der Waals surface area (Å²) in [5.41, 5.74) is -0.703. The van der Waals surface area contributed by atoms with Crippen LogP contribution in [0.2, 0.25) is 5.02 Å². The second-order valence-corrected chi connectivity index (χ2v) is 5.38. The van der Waals surface area contributed by atoms with Crippen LogP contribution in [-0.2, 0) is 4.79 Å². The minimum absolute atomic E-state index is 0.0232. The van der Waals surface area contributed by atoms with E-state index in [4.69, 9.17) is 21.4 Å². The highest BCUT2D eigenvalue weighted by Crippen LogP contribution is 2.24. The summed E-state index contributed by atoms with van der Waals surface area (Å²) in [4.78, 5) is 23.1. The molecule has 0 unspecified atom stereocenters. The Morgan fingerprint density at radius 2 is 2.05 bits per heavy atom. The van der Waals surface area contributed by atoms with Crippen molar-refractivity contribution in [1.82, 2.24) is 5.32 Å². The van der Waals surface area contributed by atoms with Gasteiger partial charge in [0.05, 0.1) is 17.6 Å². The molecule has 0 saturated carbocycles. The van der Waals surface area contributed by atoms with Crippen molar-refractivity contribution in [3.8, 4) is 5.75 Å². The fraction of sp³-hybridized carbons (Fsp3) is 0.429. The average molecular weight is 300 g/mol. The SMILES string of the molecule is CCOc1cc(Cl)ccc1C(=O)NCC(C)(C)C(=O)O. The molecule has 0 aliphatic rings. The number of carboxylic acid groups (broad SMARTS) is 1. The van der Waals surface area contributed by atoms with Crippen LogP contribution < -0.4 is 10.1 Å². The van der Waals surface area contributed by atoms with E-state index in [0.717, 1.165) is 0 Å². The lowest BCUT2D eigenvalue weighted by atomic mass is 9.94. The topological polar surface area (TPSA) is 75.6 Å². The molecule has 5 nitrogen and oxygen atoms in total. The van der Waals surface area contributed by atoms with E-state index in [1.54, 1.807) is 39.0 Å². The van der Waals surface area contributed by atoms with Crippen LogP contribution in [0, 0.1) is 5.41 Å². The van der Waals surface area contributed by atoms with Gasteiger partial charge in [0.1, 0.15) is 5.75 Å². The zero-order valence-corrected chi connectivity index (χ0v) is 12.5. The van der Waals surface area contributed by atoms with Crippen LogP contribution in [0.3, 0.4) is 0 Å². The number of carboxylic acids is 1. The molecule has 0 atom stereocenters. The van der Waals surface area contributed by atoms with E-state index in [-0.39, 0.29) is 12.5 Å². The van der Waals surface area contributed by atoms with Crippen molar-refractivity contribution in [2.45, 2.75) is 20.8 Å². The van der Waals surface area contributed by atoms with Gasteiger partial charge in [-0.15, -0.1) is 0 Å². The Labute approximate surface area is 122 Å². The van der Waals surface area contributed by atoms with Crippen molar-refractivity contribution < 1.29 is 19.4 Å². The first-order valence-electron chi connectivity index (χ1n) is 6.22. The summed E-state index contributed by atoms with van der Waals surface area (Å²) in [5.74, 6) is -0.982. The maximum atomic E-state index is 12.1. The van der Waals surface area contributed by atoms with E-state index in [2.05, 4.69) is 5.32 Å². The number of amides is 1. The van der Waals surface area contributed by atoms with Gasteiger partial charge in [-0.05, 0) is 39.0 Å². The lowest BCUT2D eigenvalue weighted by molar-refractivity contribution is -0.146. The Kier molecular flexibility index (Phi) is 5.39. The highest BCUT2D eigenvalue weighted by Gasteiger charge is 2.28. The highest BCUT2D eigenvalue weighted by molar-refractivity contribution is 6.30. The second kappa shape index (κ2) is 6.61. The molecule has 110 valence electrons. The third kappa shape index (κ3) is 4.13. The predicted molar refractivity (Wildman–Crippen MR) is 76.4 cm³/mol. The Bertz CT molecular complexity index is 514. The number of halogens is 1. The molecule has 0 heterocycles. The summed E-state index contributed by atoms with van der Waals surface area (Å²) >= 11 is 5.86. The van der Waals surface area contributed by atoms with E-state index in [0.29, 0.717) is 22.9 Å². The lowest BCUT2D eigenvalue weighted by Gasteiger charge is -2.20. The fourth-order valence-electron chi connectivity index (χ4n) is 1.43. The Hall–Kier alpha value is -1.75. The molecular weight excluding hydrogens is 282 g/mol. The molecule has 0 aromatic heterocycles. The van der Waals surface area contributed by atoms with Gasteiger partial charge in [-0.1, -0.05) is 11.6 Å². The molecule has 6 heteroatoms. The second-order valence-electron chi connectivity index (χ2n) is 4.95. The van der Waals surface area contributed by atoms with Gasteiger partial charge in [0.15, 0.2) is 0 Å². The number of carbonyl (C=O) groups is 2. The Morgan fingerprint density at radius 1 is 1.40 bits per heavy atom. The Morgan fingerprint density at radius 3 is 2.60 bits per heavy atom. The third-order valence-corrected chi connectivity index (χ3v) is 2.99. The van der Waals surface area contributed by atoms with Crippen LogP contribution in [0.15, 0.2) is 18.2 Å². The summed E-state index contributed by atoms with van der Waals surface area (Å²) in [6.45, 7) is 5.31. The van der Waals surface area contributed by atoms with E-state index in [1.807, 2.05) is 0 Å². The first-order chi connectivity index (χ1) is 9.27. The molecule has 20 heavy (non-hydrogen) atoms. The van der Waals surface area contributed by atoms with Crippen LogP contribution in [-0.4, -0.2) is 30.1 Å². The molecule has 1 rings (SSSR count). The molecular formula is C14H18ClNO4. The highest BCUT2D eigenvalue weighted by atomic mass is 35.5. The van der Waals surface area contributed by atoms with E-state index < -0.39 is 11.4 Å². The monoisotopic (exact) mass is 299 g/mol. The smallest absolute Gasteiger partial charge is 0.310 e. The molecule has 0 aliphatic carbocycles. The number of hydrogen-bond acceptors (Lipinski definition) is 3. The first-order valence-corrected chi connectivity index (χ1v) is 6.59. The van der Waals surface area contributed by atoms with Crippen molar-refractivity contribution >= 4 is 23.5 Å². The number of rotatable bonds is 6. The van der Waals surface area contributed by atoms with Crippen LogP contribution in [0.5, 0.6) is 5.75 Å². The number of aliphatic carboxylic acids is 1. The third-order valence-electron chi connectivity index (χ3n) is 2.76. The summed E-state index contributed by atoms with van der Waals surface area (Å²) < 4.78 is 5.36. The quantitative estimate of drug-likeness (QED) is 0.846. The van der Waals surface area contributed by atoms with Crippen LogP contribution in [0.4, 0.5) is 0 Å². The van der Waals surface area contributed by atoms with Crippen molar-refractivity contribution in [2.24, 2.45) is 5.41 Å². The van der Waals surface area contributed by atoms with Crippen LogP contribution in [0.1, 0.15) is 31.1 Å². The van der Waals surface area contributed by atoms with Crippen LogP contribution in [0.25, 0.3) is 0 Å². The van der Waals surface area contributed by atoms with Crippen molar-refractivity contribution in [1.29, 1.82) is 0 Å². The number of ether oxygens (including phenoxy) is 1. The van der Waals surface area contributed by atoms with E-state index in [9.17, 15) is 9.59 Å². The van der Waals surface area contributed by atoms with Gasteiger partial charge in [0.2, 0.25) is 0 Å². The van der Waals surface area contributed by atoms with Crippen molar-refractivity contribution in [3.05, 3.63) is 28.8 Å². The van der Waals surface area contributed by atoms with Gasteiger partial charge in [-0.2, -0.15) is 0 Å². The molecule has 0 aliphatic heterocycles. The molecule has 0 saturated heterocycles. The van der Waals surface area contributed by atoms with Gasteiger partial charge >= 0.3 is 5.97 Å². The molecule has 1 amide bonds. The maximum absolute atomic E-state index is 12.1. The number of carbonyl (C=O) groups excluding carboxylic acids is 1. The number of benzene rings is 1. The number of hydrogen-bond donors (Lipinski definition) is 2. The molecule has 0 bridgehead atoms. The molecule has 0 spiro atoms. The molecule has 2 N–H and O–H groups in total. The van der Waals surface area contributed by atoms with Gasteiger partial charge < -0.3 is 15.2 Å². The summed E-state index contributed by atoms with van der Waals surface area (Å²) in [6.07, 6.45) is 0. The van der Waals surface area contributed by atoms with Gasteiger partial charge in [-0.25, -0.2) is 0 Å². The summed E-state index contributed by atoms with van der Waals surface area (Å²) in [7, 11) is 0. The van der Waals surface area contributed by atoms with Crippen molar-refractivity contribution in [3.63, 3.8) is 0 Å². The minimum Gasteiger partial charge on any atom is -0.493 e. The van der Waals surface area contributed by atoms with E-state index in [1.165, 1.54) is 0 Å². The molecule has 1 aromatic rings. The van der Waals surface area contributed by atoms with Gasteiger partial charge in [-0.3, -0.25) is 9.59 Å². The largest absolute Gasteiger partial charge is 0.493 e. The van der Waals surface area contributed by atoms with Gasteiger partial charge in [0.25, 0.3) is 5.91 Å². The van der Waals surface area contributed by atoms with E-state index >= 15 is 0 Å². The zero-order valence-electron chi connectivity index (χ0n) is 11.7. The van der Waals surface area contributed by atoms with Crippen LogP contribution >= 0.6 is 11.6 Å². The summed E-state index contributed by atoms with van der Waals surface area (Å²) in [5, 5.41) is 12.1. The predicted octanol–water partition coefficient (Wildman–Crippen LogP) is 2.58. The zero-order chi connectivity index (χ0) is 15.3. The fourth-order valence-corrected chi connectivity index (χ4v) is 1.59. The van der Waals surface area contributed by atoms with Gasteiger partial charge in [0, 0.05) is 11.6 Å². The van der Waals surface area contributed by atoms with Crippen molar-refractivity contribution in [2.75, 3.05) is 13.2 Å². The average Bonchev–Trinajstić information content (AvgIpc) is 2.36. The number of nitrogens with one attached hydrogen (secondary N) is 1. The molecule has 1 aromatic carbocycles. The lowest BCUT2D eigenvalue weighted by Crippen LogP contribution is -2.39. The normalized spacial score (nSPS) is 11.0. The first kappa shape index (κ1) is 16.3. The maximum Gasteiger partial charge on any atom is 0.310 e. The standard InChI is InChI=1S/C14H18ClNO4/c1-4-20-11-7-9(15)5-6-10(11)12(17)16-8-14(2,3)13(18)19/h5-7H,4,8H2,1-3H3,(H,16,17)(H,18,19).